The molecular formula is C50H65F2N3O10. The number of anilines is 1. The largest absolute Gasteiger partial charge is 0.492 e. The molecule has 0 radical (unpaired) electrons. The van der Waals surface area contributed by atoms with E-state index in [1.807, 2.05) is 11.5 Å². The molecule has 0 bridgehead atoms. The van der Waals surface area contributed by atoms with Crippen LogP contribution < -0.4 is 15.1 Å². The van der Waals surface area contributed by atoms with E-state index in [2.05, 4.69) is 0 Å². The number of aromatic nitrogens is 1. The molecule has 1 aromatic carbocycles. The van der Waals surface area contributed by atoms with Gasteiger partial charge in [-0.15, -0.1) is 0 Å². The van der Waals surface area contributed by atoms with Crippen molar-refractivity contribution >= 4 is 40.2 Å². The van der Waals surface area contributed by atoms with Gasteiger partial charge < -0.3 is 38.8 Å². The number of alkyl halides is 1. The molecule has 8 rings (SSSR count). The number of fused-ring (bicyclic) bond motifs is 6. The Labute approximate surface area is 379 Å². The van der Waals surface area contributed by atoms with Gasteiger partial charge in [0.1, 0.15) is 22.5 Å². The molecular weight excluding hydrogens is 841 g/mol. The molecule has 0 spiro atoms. The van der Waals surface area contributed by atoms with Crippen molar-refractivity contribution in [3.05, 3.63) is 56.7 Å². The Bertz CT molecular complexity index is 2540. The number of aryl methyl sites for hydroxylation is 1. The lowest BCUT2D eigenvalue weighted by atomic mass is 9.44. The fraction of sp³-hybridized carbons (Fsp3) is 0.660. The lowest BCUT2D eigenvalue weighted by molar-refractivity contribution is -0.223. The molecule has 4 saturated carbocycles. The highest BCUT2D eigenvalue weighted by Crippen LogP contribution is 2.71. The van der Waals surface area contributed by atoms with Crippen molar-refractivity contribution in [1.82, 2.24) is 9.47 Å². The zero-order valence-electron chi connectivity index (χ0n) is 39.8. The number of aliphatic hydroxyl groups is 2. The Morgan fingerprint density at radius 1 is 0.969 bits per heavy atom. The molecule has 354 valence electrons. The average Bonchev–Trinajstić information content (AvgIpc) is 4.02. The minimum atomic E-state index is -2.19. The van der Waals surface area contributed by atoms with E-state index in [0.717, 1.165) is 0 Å². The predicted octanol–water partition coefficient (Wildman–Crippen LogP) is 7.40. The number of pyridine rings is 1. The first-order valence-corrected chi connectivity index (χ1v) is 23.1. The maximum Gasteiger partial charge on any atom is 0.410 e. The van der Waals surface area contributed by atoms with E-state index in [-0.39, 0.29) is 84.0 Å². The van der Waals surface area contributed by atoms with Crippen LogP contribution >= 0.6 is 0 Å². The number of hydrogen-bond donors (Lipinski definition) is 2. The standard InChI is InChI=1S/C50H65F2N3O10/c1-25-21-33-32-16-13-29-22-31(56)17-18-47(29,10)49(32,52)34(57)23-48(33,11)50(25,62)43(60)46(8,9)64-42(59)36-28(4)55(30-14-15-30)38-35(40(36)58)27(3)37(51)39(41(38)63-12)53-19-20-54(26(2)24-53)44(61)65-45(5,6)7/h17-18,22,25-26,30,32-34,57,62H,13-16,19-21,23-24H2,1-12H3/t25-,26?,32-,33-,34-,47-,48-,49-,50-/m0/s1. The summed E-state index contributed by atoms with van der Waals surface area (Å²) in [7, 11) is 1.40. The lowest BCUT2D eigenvalue weighted by Gasteiger charge is -2.62. The SMILES string of the molecule is COc1c(N2CCN(C(=O)OC(C)(C)C)C(C)C2)c(F)c(C)c2c(=O)c(C(=O)OC(C)(C)C(=O)[C@@]3(O)[C@@H](C)C[C@H]4[C@@H]5CCC6=CC(=O)C=C[C@]6(C)[C@@]5(F)[C@@H](O)C[C@@]43C)c(C)n(C3CC3)c12. The molecule has 15 heteroatoms. The molecule has 1 amide bonds. The van der Waals surface area contributed by atoms with E-state index in [1.165, 1.54) is 40.0 Å². The van der Waals surface area contributed by atoms with E-state index in [0.29, 0.717) is 36.8 Å². The highest BCUT2D eigenvalue weighted by atomic mass is 19.1. The Balaban J connectivity index is 1.13. The number of ketones is 2. The highest BCUT2D eigenvalue weighted by Gasteiger charge is 2.76. The first-order valence-electron chi connectivity index (χ1n) is 23.1. The maximum absolute atomic E-state index is 17.9. The van der Waals surface area contributed by atoms with Crippen LogP contribution in [0.5, 0.6) is 5.75 Å². The van der Waals surface area contributed by atoms with E-state index in [4.69, 9.17) is 14.2 Å². The van der Waals surface area contributed by atoms with Crippen LogP contribution in [0.25, 0.3) is 10.9 Å². The van der Waals surface area contributed by atoms with Crippen molar-refractivity contribution < 1.29 is 52.4 Å². The lowest BCUT2D eigenvalue weighted by Crippen LogP contribution is -2.70. The summed E-state index contributed by atoms with van der Waals surface area (Å²) in [4.78, 5) is 73.2. The maximum atomic E-state index is 17.9. The van der Waals surface area contributed by atoms with Gasteiger partial charge in [-0.3, -0.25) is 14.4 Å². The fourth-order valence-corrected chi connectivity index (χ4v) is 13.0. The Hall–Kier alpha value is -4.63. The van der Waals surface area contributed by atoms with Crippen molar-refractivity contribution in [3.63, 3.8) is 0 Å². The number of esters is 1. The van der Waals surface area contributed by atoms with Crippen LogP contribution in [0.4, 0.5) is 19.3 Å². The number of rotatable bonds is 7. The van der Waals surface area contributed by atoms with Crippen LogP contribution in [0.15, 0.2) is 28.6 Å². The molecule has 65 heavy (non-hydrogen) atoms. The van der Waals surface area contributed by atoms with Crippen molar-refractivity contribution in [2.75, 3.05) is 31.6 Å². The fourth-order valence-electron chi connectivity index (χ4n) is 13.0. The second kappa shape index (κ2) is 15.2. The number of amides is 1. The molecule has 6 aliphatic rings. The smallest absolute Gasteiger partial charge is 0.410 e. The number of allylic oxidation sites excluding steroid dienone is 4. The second-order valence-electron chi connectivity index (χ2n) is 21.8. The van der Waals surface area contributed by atoms with Gasteiger partial charge in [-0.2, -0.15) is 0 Å². The molecule has 5 fully saturated rings. The number of carbonyl (C=O) groups is 4. The first kappa shape index (κ1) is 46.9. The zero-order chi connectivity index (χ0) is 47.9. The quantitative estimate of drug-likeness (QED) is 0.266. The summed E-state index contributed by atoms with van der Waals surface area (Å²) >= 11 is 0. The minimum Gasteiger partial charge on any atom is -0.492 e. The van der Waals surface area contributed by atoms with E-state index in [1.54, 1.807) is 64.3 Å². The number of carbonyl (C=O) groups excluding carboxylic acids is 4. The van der Waals surface area contributed by atoms with Gasteiger partial charge in [0.2, 0.25) is 11.2 Å². The van der Waals surface area contributed by atoms with Crippen LogP contribution in [0.3, 0.4) is 0 Å². The van der Waals surface area contributed by atoms with Crippen molar-refractivity contribution in [2.24, 2.45) is 28.6 Å². The van der Waals surface area contributed by atoms with Crippen LogP contribution in [0.1, 0.15) is 128 Å². The summed E-state index contributed by atoms with van der Waals surface area (Å²) in [6.07, 6.45) is 4.38. The van der Waals surface area contributed by atoms with E-state index < -0.39 is 86.3 Å². The number of Topliss-reactive ketones (excluding diaryl/α,β-unsaturated/α-hetero) is 1. The minimum absolute atomic E-state index is 0.0100. The Kier molecular flexibility index (Phi) is 11.0. The molecule has 13 nitrogen and oxygen atoms in total. The normalized spacial score (nSPS) is 33.6. The third-order valence-electron chi connectivity index (χ3n) is 16.4. The Morgan fingerprint density at radius 2 is 1.63 bits per heavy atom. The summed E-state index contributed by atoms with van der Waals surface area (Å²) in [5.74, 6) is -4.87. The molecule has 9 atom stereocenters. The second-order valence-corrected chi connectivity index (χ2v) is 21.8. The summed E-state index contributed by atoms with van der Waals surface area (Å²) < 4.78 is 54.3. The number of ether oxygens (including phenoxy) is 3. The van der Waals surface area contributed by atoms with Gasteiger partial charge in [0.15, 0.2) is 28.6 Å². The monoisotopic (exact) mass is 905 g/mol. The van der Waals surface area contributed by atoms with Crippen molar-refractivity contribution in [3.8, 4) is 5.75 Å². The molecule has 1 aromatic heterocycles. The number of aliphatic hydroxyl groups excluding tert-OH is 1. The van der Waals surface area contributed by atoms with Gasteiger partial charge in [-0.25, -0.2) is 18.4 Å². The number of halogens is 2. The molecule has 2 heterocycles. The van der Waals surface area contributed by atoms with Crippen LogP contribution in [-0.4, -0.2) is 105 Å². The average molecular weight is 906 g/mol. The van der Waals surface area contributed by atoms with Crippen LogP contribution in [-0.2, 0) is 19.1 Å². The van der Waals surface area contributed by atoms with Crippen molar-refractivity contribution in [2.45, 2.75) is 155 Å². The van der Waals surface area contributed by atoms with Gasteiger partial charge in [0, 0.05) is 59.7 Å². The predicted molar refractivity (Wildman–Crippen MR) is 239 cm³/mol. The topological polar surface area (TPSA) is 165 Å². The summed E-state index contributed by atoms with van der Waals surface area (Å²) in [6, 6.07) is -0.527. The van der Waals surface area contributed by atoms with E-state index >= 15 is 13.6 Å². The van der Waals surface area contributed by atoms with Crippen LogP contribution in [0.2, 0.25) is 0 Å². The van der Waals surface area contributed by atoms with E-state index in [9.17, 15) is 29.4 Å². The molecule has 5 aliphatic carbocycles. The molecule has 2 aromatic rings. The number of piperazine rings is 1. The Morgan fingerprint density at radius 3 is 2.23 bits per heavy atom. The first-order chi connectivity index (χ1) is 30.1. The number of methoxy groups -OCH3 is 1. The summed E-state index contributed by atoms with van der Waals surface area (Å²) in [5, 5.41) is 24.7. The van der Waals surface area contributed by atoms with Gasteiger partial charge in [-0.05, 0) is 125 Å². The van der Waals surface area contributed by atoms with Gasteiger partial charge >= 0.3 is 12.1 Å². The summed E-state index contributed by atoms with van der Waals surface area (Å²) in [5.41, 5.74) is -9.60. The number of nitrogens with zero attached hydrogens (tertiary/aromatic N) is 3. The molecule has 1 unspecified atom stereocenters. The van der Waals surface area contributed by atoms with Gasteiger partial charge in [-0.1, -0.05) is 25.5 Å². The van der Waals surface area contributed by atoms with Gasteiger partial charge in [0.25, 0.3) is 0 Å². The third-order valence-corrected chi connectivity index (χ3v) is 16.4. The molecule has 2 N–H and O–H groups in total. The highest BCUT2D eigenvalue weighted by molar-refractivity contribution is 6.03. The summed E-state index contributed by atoms with van der Waals surface area (Å²) in [6.45, 7) is 18.9. The third kappa shape index (κ3) is 6.65. The number of benzene rings is 1. The molecule has 1 aliphatic heterocycles. The van der Waals surface area contributed by atoms with Crippen molar-refractivity contribution in [1.29, 1.82) is 0 Å². The number of hydrogen-bond acceptors (Lipinski definition) is 11. The molecule has 1 saturated heterocycles. The van der Waals surface area contributed by atoms with Crippen LogP contribution in [0, 0.1) is 48.2 Å². The van der Waals surface area contributed by atoms with Gasteiger partial charge in [0.05, 0.1) is 24.1 Å². The zero-order valence-corrected chi connectivity index (χ0v) is 39.8.